The molecule has 0 spiro atoms. The lowest BCUT2D eigenvalue weighted by atomic mass is 10.1. The molecule has 1 atom stereocenters. The second kappa shape index (κ2) is 9.35. The Hall–Kier alpha value is -2.17. The zero-order valence-electron chi connectivity index (χ0n) is 14.8. The van der Waals surface area contributed by atoms with Crippen LogP contribution in [0.1, 0.15) is 18.9 Å². The Balaban J connectivity index is 1.87. The molecule has 1 heterocycles. The Bertz CT molecular complexity index is 624. The average Bonchev–Trinajstić information content (AvgIpc) is 2.64. The molecule has 1 fully saturated rings. The third kappa shape index (κ3) is 5.15. The van der Waals surface area contributed by atoms with E-state index in [-0.39, 0.29) is 11.9 Å². The highest BCUT2D eigenvalue weighted by Gasteiger charge is 2.26. The molecule has 2 rings (SSSR count). The summed E-state index contributed by atoms with van der Waals surface area (Å²) in [5, 5.41) is 12.1. The van der Waals surface area contributed by atoms with Crippen molar-refractivity contribution in [3.05, 3.63) is 29.6 Å². The molecule has 136 valence electrons. The summed E-state index contributed by atoms with van der Waals surface area (Å²) in [7, 11) is 1.64. The van der Waals surface area contributed by atoms with Gasteiger partial charge in [-0.1, -0.05) is 0 Å². The van der Waals surface area contributed by atoms with Crippen molar-refractivity contribution in [1.29, 1.82) is 5.26 Å². The summed E-state index contributed by atoms with van der Waals surface area (Å²) in [5.74, 6) is -0.387. The monoisotopic (exact) mass is 348 g/mol. The SMILES string of the molecule is COCCCNC(=O)[C@H](C)N1CCN(c2ccc(F)cc2C#N)CC1. The van der Waals surface area contributed by atoms with E-state index in [0.717, 1.165) is 25.2 Å². The van der Waals surface area contributed by atoms with Gasteiger partial charge in [-0.15, -0.1) is 0 Å². The third-order valence-corrected chi connectivity index (χ3v) is 4.49. The molecule has 1 amide bonds. The normalized spacial score (nSPS) is 16.3. The molecule has 0 bridgehead atoms. The number of methoxy groups -OCH3 is 1. The van der Waals surface area contributed by atoms with Crippen LogP contribution < -0.4 is 10.2 Å². The molecule has 0 aromatic heterocycles. The van der Waals surface area contributed by atoms with E-state index in [1.54, 1.807) is 13.2 Å². The Morgan fingerprint density at radius 3 is 2.76 bits per heavy atom. The minimum absolute atomic E-state index is 0.0176. The number of ether oxygens (including phenoxy) is 1. The van der Waals surface area contributed by atoms with E-state index in [9.17, 15) is 14.4 Å². The van der Waals surface area contributed by atoms with E-state index in [4.69, 9.17) is 4.74 Å². The maximum atomic E-state index is 13.3. The number of halogens is 1. The fourth-order valence-electron chi connectivity index (χ4n) is 2.97. The molecule has 1 aliphatic heterocycles. The first kappa shape index (κ1) is 19.2. The highest BCUT2D eigenvalue weighted by Crippen LogP contribution is 2.22. The summed E-state index contributed by atoms with van der Waals surface area (Å²) in [6.45, 7) is 5.97. The van der Waals surface area contributed by atoms with E-state index < -0.39 is 5.82 Å². The van der Waals surface area contributed by atoms with Crippen LogP contribution in [0.25, 0.3) is 0 Å². The topological polar surface area (TPSA) is 68.6 Å². The number of rotatable bonds is 7. The van der Waals surface area contributed by atoms with Gasteiger partial charge in [0, 0.05) is 46.4 Å². The first-order chi connectivity index (χ1) is 12.1. The first-order valence-electron chi connectivity index (χ1n) is 8.52. The van der Waals surface area contributed by atoms with Gasteiger partial charge < -0.3 is 15.0 Å². The maximum Gasteiger partial charge on any atom is 0.237 e. The van der Waals surface area contributed by atoms with Crippen molar-refractivity contribution in [2.24, 2.45) is 0 Å². The third-order valence-electron chi connectivity index (χ3n) is 4.49. The molecule has 1 aliphatic rings. The molecule has 0 saturated carbocycles. The summed E-state index contributed by atoms with van der Waals surface area (Å²) in [5.41, 5.74) is 1.10. The zero-order valence-corrected chi connectivity index (χ0v) is 14.8. The second-order valence-electron chi connectivity index (χ2n) is 6.11. The van der Waals surface area contributed by atoms with Gasteiger partial charge in [-0.25, -0.2) is 4.39 Å². The van der Waals surface area contributed by atoms with Gasteiger partial charge in [0.1, 0.15) is 11.9 Å². The molecule has 0 aliphatic carbocycles. The predicted octanol–water partition coefficient (Wildman–Crippen LogP) is 1.36. The molecule has 0 radical (unpaired) electrons. The molecule has 25 heavy (non-hydrogen) atoms. The number of hydrogen-bond donors (Lipinski definition) is 1. The molecule has 0 unspecified atom stereocenters. The standard InChI is InChI=1S/C18H25FN4O2/c1-14(18(24)21-6-3-11-25-2)22-7-9-23(10-8-22)17-5-4-16(19)12-15(17)13-20/h4-5,12,14H,3,6-11H2,1-2H3,(H,21,24)/t14-/m0/s1. The fraction of sp³-hybridized carbons (Fsp3) is 0.556. The number of nitrogens with zero attached hydrogens (tertiary/aromatic N) is 3. The fourth-order valence-corrected chi connectivity index (χ4v) is 2.97. The molecule has 1 N–H and O–H groups in total. The van der Waals surface area contributed by atoms with Gasteiger partial charge in [0.25, 0.3) is 0 Å². The lowest BCUT2D eigenvalue weighted by molar-refractivity contribution is -0.126. The van der Waals surface area contributed by atoms with Crippen LogP contribution in [0.3, 0.4) is 0 Å². The van der Waals surface area contributed by atoms with E-state index in [1.807, 2.05) is 13.0 Å². The molecule has 1 saturated heterocycles. The van der Waals surface area contributed by atoms with Crippen LogP contribution in [0, 0.1) is 17.1 Å². The van der Waals surface area contributed by atoms with Crippen LogP contribution >= 0.6 is 0 Å². The number of carbonyl (C=O) groups excluding carboxylic acids is 1. The molecule has 1 aromatic carbocycles. The number of hydrogen-bond acceptors (Lipinski definition) is 5. The smallest absolute Gasteiger partial charge is 0.237 e. The van der Waals surface area contributed by atoms with Crippen molar-refractivity contribution in [2.45, 2.75) is 19.4 Å². The Morgan fingerprint density at radius 1 is 1.40 bits per heavy atom. The van der Waals surface area contributed by atoms with Crippen molar-refractivity contribution >= 4 is 11.6 Å². The maximum absolute atomic E-state index is 13.3. The highest BCUT2D eigenvalue weighted by atomic mass is 19.1. The van der Waals surface area contributed by atoms with Gasteiger partial charge in [0.05, 0.1) is 17.3 Å². The van der Waals surface area contributed by atoms with E-state index in [1.165, 1.54) is 12.1 Å². The van der Waals surface area contributed by atoms with Crippen molar-refractivity contribution in [1.82, 2.24) is 10.2 Å². The Labute approximate surface area is 148 Å². The number of piperazine rings is 1. The summed E-state index contributed by atoms with van der Waals surface area (Å²) in [4.78, 5) is 16.4. The quantitative estimate of drug-likeness (QED) is 0.754. The first-order valence-corrected chi connectivity index (χ1v) is 8.52. The van der Waals surface area contributed by atoms with Crippen molar-refractivity contribution in [3.8, 4) is 6.07 Å². The molecule has 7 heteroatoms. The highest BCUT2D eigenvalue weighted by molar-refractivity contribution is 5.81. The Kier molecular flexibility index (Phi) is 7.16. The van der Waals surface area contributed by atoms with Crippen LogP contribution in [0.4, 0.5) is 10.1 Å². The second-order valence-corrected chi connectivity index (χ2v) is 6.11. The molecule has 1 aromatic rings. The summed E-state index contributed by atoms with van der Waals surface area (Å²) in [6.07, 6.45) is 0.796. The van der Waals surface area contributed by atoms with Crippen LogP contribution in [-0.2, 0) is 9.53 Å². The van der Waals surface area contributed by atoms with Crippen molar-refractivity contribution in [2.75, 3.05) is 51.3 Å². The zero-order chi connectivity index (χ0) is 18.2. The predicted molar refractivity (Wildman–Crippen MR) is 93.9 cm³/mol. The van der Waals surface area contributed by atoms with Gasteiger partial charge in [-0.3, -0.25) is 9.69 Å². The lowest BCUT2D eigenvalue weighted by Gasteiger charge is -2.38. The largest absolute Gasteiger partial charge is 0.385 e. The molecular weight excluding hydrogens is 323 g/mol. The van der Waals surface area contributed by atoms with E-state index in [2.05, 4.69) is 15.1 Å². The Morgan fingerprint density at radius 2 is 2.12 bits per heavy atom. The van der Waals surface area contributed by atoms with Crippen LogP contribution in [0.15, 0.2) is 18.2 Å². The minimum atomic E-state index is -0.405. The van der Waals surface area contributed by atoms with Crippen molar-refractivity contribution in [3.63, 3.8) is 0 Å². The van der Waals surface area contributed by atoms with Gasteiger partial charge in [-0.05, 0) is 31.5 Å². The number of carbonyl (C=O) groups is 1. The number of nitriles is 1. The minimum Gasteiger partial charge on any atom is -0.385 e. The summed E-state index contributed by atoms with van der Waals surface area (Å²) in [6, 6.07) is 6.13. The van der Waals surface area contributed by atoms with Crippen LogP contribution in [0.5, 0.6) is 0 Å². The van der Waals surface area contributed by atoms with Crippen molar-refractivity contribution < 1.29 is 13.9 Å². The number of benzene rings is 1. The average molecular weight is 348 g/mol. The molecular formula is C18H25FN4O2. The lowest BCUT2D eigenvalue weighted by Crippen LogP contribution is -2.54. The van der Waals surface area contributed by atoms with Crippen LogP contribution in [-0.4, -0.2) is 63.3 Å². The van der Waals surface area contributed by atoms with Gasteiger partial charge in [0.2, 0.25) is 5.91 Å². The molecule has 6 nitrogen and oxygen atoms in total. The van der Waals surface area contributed by atoms with Gasteiger partial charge >= 0.3 is 0 Å². The summed E-state index contributed by atoms with van der Waals surface area (Å²) >= 11 is 0. The number of amides is 1. The van der Waals surface area contributed by atoms with E-state index >= 15 is 0 Å². The van der Waals surface area contributed by atoms with E-state index in [0.29, 0.717) is 31.8 Å². The summed E-state index contributed by atoms with van der Waals surface area (Å²) < 4.78 is 18.2. The van der Waals surface area contributed by atoms with Gasteiger partial charge in [-0.2, -0.15) is 5.26 Å². The van der Waals surface area contributed by atoms with Gasteiger partial charge in [0.15, 0.2) is 0 Å². The number of anilines is 1. The number of nitrogens with one attached hydrogen (secondary N) is 1. The van der Waals surface area contributed by atoms with Crippen LogP contribution in [0.2, 0.25) is 0 Å².